The van der Waals surface area contributed by atoms with E-state index in [1.807, 2.05) is 35.0 Å². The highest BCUT2D eigenvalue weighted by atomic mass is 35.5. The van der Waals surface area contributed by atoms with Gasteiger partial charge in [-0.3, -0.25) is 4.79 Å². The minimum Gasteiger partial charge on any atom is -0.340 e. The van der Waals surface area contributed by atoms with Crippen LogP contribution in [0.25, 0.3) is 10.9 Å². The summed E-state index contributed by atoms with van der Waals surface area (Å²) in [6.45, 7) is 0.481. The molecule has 0 spiro atoms. The maximum Gasteiger partial charge on any atom is 0.155 e. The standard InChI is InChI=1S/C16H18ClNO/c17-14-7-6-12-8-9-18(15(12)10-14)11-16(19)13-4-2-1-3-5-13/h6-10,13H,1-5,11H2. The van der Waals surface area contributed by atoms with Gasteiger partial charge in [0.15, 0.2) is 5.78 Å². The molecule has 0 aliphatic heterocycles. The van der Waals surface area contributed by atoms with Gasteiger partial charge in [-0.05, 0) is 36.4 Å². The number of ketones is 1. The van der Waals surface area contributed by atoms with Crippen molar-refractivity contribution < 1.29 is 4.79 Å². The third kappa shape index (κ3) is 2.69. The van der Waals surface area contributed by atoms with Crippen molar-refractivity contribution in [1.29, 1.82) is 0 Å². The van der Waals surface area contributed by atoms with Gasteiger partial charge in [0.05, 0.1) is 6.54 Å². The fraction of sp³-hybridized carbons (Fsp3) is 0.438. The Morgan fingerprint density at radius 1 is 1.21 bits per heavy atom. The van der Waals surface area contributed by atoms with Gasteiger partial charge in [0.25, 0.3) is 0 Å². The van der Waals surface area contributed by atoms with Crippen molar-refractivity contribution in [1.82, 2.24) is 4.57 Å². The normalized spacial score (nSPS) is 16.9. The number of halogens is 1. The molecule has 1 fully saturated rings. The van der Waals surface area contributed by atoms with Crippen molar-refractivity contribution in [3.8, 4) is 0 Å². The van der Waals surface area contributed by atoms with Crippen LogP contribution in [-0.2, 0) is 11.3 Å². The Labute approximate surface area is 118 Å². The van der Waals surface area contributed by atoms with Gasteiger partial charge >= 0.3 is 0 Å². The van der Waals surface area contributed by atoms with Crippen molar-refractivity contribution >= 4 is 28.3 Å². The van der Waals surface area contributed by atoms with Crippen LogP contribution < -0.4 is 0 Å². The third-order valence-corrected chi connectivity index (χ3v) is 4.36. The Balaban J connectivity index is 1.80. The Bertz CT molecular complexity index is 596. The van der Waals surface area contributed by atoms with E-state index in [4.69, 9.17) is 11.6 Å². The first-order valence-corrected chi connectivity index (χ1v) is 7.39. The van der Waals surface area contributed by atoms with E-state index in [1.54, 1.807) is 0 Å². The van der Waals surface area contributed by atoms with Gasteiger partial charge in [-0.15, -0.1) is 0 Å². The van der Waals surface area contributed by atoms with Gasteiger partial charge in [0.2, 0.25) is 0 Å². The van der Waals surface area contributed by atoms with Crippen LogP contribution in [0, 0.1) is 5.92 Å². The molecule has 1 heterocycles. The predicted molar refractivity (Wildman–Crippen MR) is 78.5 cm³/mol. The Hall–Kier alpha value is -1.28. The zero-order valence-corrected chi connectivity index (χ0v) is 11.7. The van der Waals surface area contributed by atoms with Crippen LogP contribution in [0.1, 0.15) is 32.1 Å². The van der Waals surface area contributed by atoms with E-state index in [1.165, 1.54) is 19.3 Å². The maximum atomic E-state index is 12.3. The zero-order valence-electron chi connectivity index (χ0n) is 10.9. The second kappa shape index (κ2) is 5.38. The summed E-state index contributed by atoms with van der Waals surface area (Å²) in [6.07, 6.45) is 7.81. The Morgan fingerprint density at radius 3 is 2.79 bits per heavy atom. The van der Waals surface area contributed by atoms with Crippen molar-refractivity contribution in [2.75, 3.05) is 0 Å². The molecule has 3 heteroatoms. The van der Waals surface area contributed by atoms with Crippen LogP contribution in [0.3, 0.4) is 0 Å². The molecule has 0 unspecified atom stereocenters. The first-order valence-electron chi connectivity index (χ1n) is 7.01. The van der Waals surface area contributed by atoms with Crippen LogP contribution in [0.2, 0.25) is 5.02 Å². The smallest absolute Gasteiger partial charge is 0.155 e. The van der Waals surface area contributed by atoms with E-state index in [-0.39, 0.29) is 5.92 Å². The fourth-order valence-electron chi connectivity index (χ4n) is 3.02. The van der Waals surface area contributed by atoms with Crippen molar-refractivity contribution in [2.24, 2.45) is 5.92 Å². The predicted octanol–water partition coefficient (Wildman–Crippen LogP) is 4.44. The minimum atomic E-state index is 0.269. The second-order valence-electron chi connectivity index (χ2n) is 5.45. The highest BCUT2D eigenvalue weighted by molar-refractivity contribution is 6.31. The SMILES string of the molecule is O=C(Cn1ccc2ccc(Cl)cc21)C1CCCCC1. The molecule has 1 aromatic carbocycles. The van der Waals surface area contributed by atoms with E-state index < -0.39 is 0 Å². The van der Waals surface area contributed by atoms with Crippen LogP contribution in [0.4, 0.5) is 0 Å². The summed E-state index contributed by atoms with van der Waals surface area (Å²) in [4.78, 5) is 12.3. The van der Waals surface area contributed by atoms with Crippen LogP contribution in [0.5, 0.6) is 0 Å². The highest BCUT2D eigenvalue weighted by Gasteiger charge is 2.21. The number of nitrogens with zero attached hydrogens (tertiary/aromatic N) is 1. The summed E-state index contributed by atoms with van der Waals surface area (Å²) in [5.74, 6) is 0.641. The summed E-state index contributed by atoms with van der Waals surface area (Å²) in [5, 5.41) is 1.86. The lowest BCUT2D eigenvalue weighted by atomic mass is 9.86. The second-order valence-corrected chi connectivity index (χ2v) is 5.88. The summed E-state index contributed by atoms with van der Waals surface area (Å²) in [6, 6.07) is 7.86. The van der Waals surface area contributed by atoms with Gasteiger partial charge < -0.3 is 4.57 Å². The van der Waals surface area contributed by atoms with Crippen LogP contribution >= 0.6 is 11.6 Å². The number of benzene rings is 1. The molecule has 0 radical (unpaired) electrons. The quantitative estimate of drug-likeness (QED) is 0.811. The minimum absolute atomic E-state index is 0.269. The van der Waals surface area contributed by atoms with E-state index in [0.717, 1.165) is 28.8 Å². The van der Waals surface area contributed by atoms with Gasteiger partial charge in [0, 0.05) is 22.7 Å². The lowest BCUT2D eigenvalue weighted by molar-refractivity contribution is -0.124. The number of aromatic nitrogens is 1. The number of rotatable bonds is 3. The Kier molecular flexibility index (Phi) is 3.61. The summed E-state index contributed by atoms with van der Waals surface area (Å²) < 4.78 is 2.03. The lowest BCUT2D eigenvalue weighted by Gasteiger charge is -2.20. The highest BCUT2D eigenvalue weighted by Crippen LogP contribution is 2.26. The molecule has 1 aliphatic carbocycles. The number of carbonyl (C=O) groups is 1. The molecule has 1 aliphatic rings. The summed E-state index contributed by atoms with van der Waals surface area (Å²) >= 11 is 6.03. The molecule has 1 aromatic heterocycles. The van der Waals surface area contributed by atoms with E-state index in [2.05, 4.69) is 0 Å². The number of Topliss-reactive ketones (excluding diaryl/α,β-unsaturated/α-hetero) is 1. The topological polar surface area (TPSA) is 22.0 Å². The summed E-state index contributed by atoms with van der Waals surface area (Å²) in [5.41, 5.74) is 1.05. The number of hydrogen-bond donors (Lipinski definition) is 0. The third-order valence-electron chi connectivity index (χ3n) is 4.12. The van der Waals surface area contributed by atoms with Crippen LogP contribution in [-0.4, -0.2) is 10.4 Å². The molecular weight excluding hydrogens is 258 g/mol. The molecule has 0 saturated heterocycles. The van der Waals surface area contributed by atoms with E-state index in [0.29, 0.717) is 12.3 Å². The lowest BCUT2D eigenvalue weighted by Crippen LogP contribution is -2.22. The summed E-state index contributed by atoms with van der Waals surface area (Å²) in [7, 11) is 0. The maximum absolute atomic E-state index is 12.3. The zero-order chi connectivity index (χ0) is 13.2. The van der Waals surface area contributed by atoms with Gasteiger partial charge in [-0.25, -0.2) is 0 Å². The first-order chi connectivity index (χ1) is 9.24. The average molecular weight is 276 g/mol. The molecule has 100 valence electrons. The molecule has 19 heavy (non-hydrogen) atoms. The van der Waals surface area contributed by atoms with E-state index >= 15 is 0 Å². The molecule has 0 atom stereocenters. The number of carbonyl (C=O) groups excluding carboxylic acids is 1. The first kappa shape index (κ1) is 12.7. The molecule has 0 N–H and O–H groups in total. The molecule has 2 aromatic rings. The van der Waals surface area contributed by atoms with E-state index in [9.17, 15) is 4.79 Å². The largest absolute Gasteiger partial charge is 0.340 e. The van der Waals surface area contributed by atoms with Gasteiger partial charge in [0.1, 0.15) is 0 Å². The van der Waals surface area contributed by atoms with Crippen molar-refractivity contribution in [3.05, 3.63) is 35.5 Å². The van der Waals surface area contributed by atoms with Crippen molar-refractivity contribution in [2.45, 2.75) is 38.6 Å². The monoisotopic (exact) mass is 275 g/mol. The molecule has 1 saturated carbocycles. The molecular formula is C16H18ClNO. The van der Waals surface area contributed by atoms with Crippen molar-refractivity contribution in [3.63, 3.8) is 0 Å². The average Bonchev–Trinajstić information content (AvgIpc) is 2.82. The number of hydrogen-bond acceptors (Lipinski definition) is 1. The molecule has 3 rings (SSSR count). The molecule has 0 amide bonds. The van der Waals surface area contributed by atoms with Gasteiger partial charge in [-0.1, -0.05) is 36.9 Å². The molecule has 0 bridgehead atoms. The fourth-order valence-corrected chi connectivity index (χ4v) is 3.18. The Morgan fingerprint density at radius 2 is 2.00 bits per heavy atom. The van der Waals surface area contributed by atoms with Gasteiger partial charge in [-0.2, -0.15) is 0 Å². The molecule has 2 nitrogen and oxygen atoms in total. The van der Waals surface area contributed by atoms with Crippen LogP contribution in [0.15, 0.2) is 30.5 Å². The number of fused-ring (bicyclic) bond motifs is 1.